The van der Waals surface area contributed by atoms with Crippen molar-refractivity contribution >= 4 is 29.7 Å². The molecule has 0 aliphatic rings. The van der Waals surface area contributed by atoms with Crippen LogP contribution in [0, 0.1) is 0 Å². The van der Waals surface area contributed by atoms with Gasteiger partial charge in [0.1, 0.15) is 18.1 Å². The smallest absolute Gasteiger partial charge is 0.343 e. The predicted molar refractivity (Wildman–Crippen MR) is 135 cm³/mol. The van der Waals surface area contributed by atoms with Gasteiger partial charge < -0.3 is 9.47 Å². The molecule has 0 spiro atoms. The van der Waals surface area contributed by atoms with Crippen molar-refractivity contribution in [2.75, 3.05) is 0 Å². The van der Waals surface area contributed by atoms with E-state index in [9.17, 15) is 9.59 Å². The number of carbonyl (C=O) groups is 2. The fourth-order valence-electron chi connectivity index (χ4n) is 3.14. The lowest BCUT2D eigenvalue weighted by atomic mass is 10.2. The Balaban J connectivity index is 1.33. The maximum Gasteiger partial charge on any atom is 0.343 e. The molecule has 0 saturated heterocycles. The van der Waals surface area contributed by atoms with Gasteiger partial charge in [0.25, 0.3) is 5.91 Å². The van der Waals surface area contributed by atoms with Gasteiger partial charge >= 0.3 is 5.97 Å². The summed E-state index contributed by atoms with van der Waals surface area (Å²) in [7, 11) is 0. The first-order valence-electron chi connectivity index (χ1n) is 10.8. The standard InChI is InChI=1S/C28H21ClN2O4/c29-23-10-6-9-22(17-23)28(33)35-24-15-13-20(14-16-24)18-30-31-27(32)25-11-4-5-12-26(25)34-19-21-7-2-1-3-8-21/h1-18H,19H2,(H,31,32)/b30-18+. The van der Waals surface area contributed by atoms with E-state index in [1.165, 1.54) is 6.21 Å². The number of esters is 1. The molecule has 0 aliphatic heterocycles. The molecule has 0 saturated carbocycles. The minimum Gasteiger partial charge on any atom is -0.488 e. The number of nitrogens with zero attached hydrogens (tertiary/aromatic N) is 1. The first-order chi connectivity index (χ1) is 17.1. The molecule has 4 aromatic carbocycles. The number of hydrazone groups is 1. The summed E-state index contributed by atoms with van der Waals surface area (Å²) in [6, 6.07) is 29.9. The monoisotopic (exact) mass is 484 g/mol. The summed E-state index contributed by atoms with van der Waals surface area (Å²) >= 11 is 5.91. The number of amides is 1. The maximum atomic E-state index is 12.6. The molecule has 4 aromatic rings. The lowest BCUT2D eigenvalue weighted by Crippen LogP contribution is -2.18. The number of halogens is 1. The third-order valence-corrected chi connectivity index (χ3v) is 5.13. The summed E-state index contributed by atoms with van der Waals surface area (Å²) in [5.74, 6) is -0.0538. The number of hydrogen-bond donors (Lipinski definition) is 1. The predicted octanol–water partition coefficient (Wildman–Crippen LogP) is 5.90. The van der Waals surface area contributed by atoms with E-state index >= 15 is 0 Å². The van der Waals surface area contributed by atoms with Crippen molar-refractivity contribution in [1.82, 2.24) is 5.43 Å². The normalized spacial score (nSPS) is 10.7. The average molecular weight is 485 g/mol. The lowest BCUT2D eigenvalue weighted by molar-refractivity contribution is 0.0734. The van der Waals surface area contributed by atoms with Gasteiger partial charge in [-0.2, -0.15) is 5.10 Å². The fraction of sp³-hybridized carbons (Fsp3) is 0.0357. The van der Waals surface area contributed by atoms with Gasteiger partial charge in [-0.1, -0.05) is 60.1 Å². The van der Waals surface area contributed by atoms with Gasteiger partial charge in [0.15, 0.2) is 0 Å². The molecule has 7 heteroatoms. The van der Waals surface area contributed by atoms with E-state index in [1.54, 1.807) is 72.8 Å². The highest BCUT2D eigenvalue weighted by Gasteiger charge is 2.12. The molecule has 0 bridgehead atoms. The highest BCUT2D eigenvalue weighted by molar-refractivity contribution is 6.30. The van der Waals surface area contributed by atoms with Crippen LogP contribution < -0.4 is 14.9 Å². The Morgan fingerprint density at radius 2 is 1.60 bits per heavy atom. The van der Waals surface area contributed by atoms with Crippen LogP contribution >= 0.6 is 11.6 Å². The zero-order chi connectivity index (χ0) is 24.5. The van der Waals surface area contributed by atoms with Crippen molar-refractivity contribution in [3.8, 4) is 11.5 Å². The number of rotatable bonds is 8. The summed E-state index contributed by atoms with van der Waals surface area (Å²) in [6.07, 6.45) is 1.49. The molecule has 0 atom stereocenters. The zero-order valence-corrected chi connectivity index (χ0v) is 19.3. The van der Waals surface area contributed by atoms with Crippen LogP contribution in [-0.4, -0.2) is 18.1 Å². The van der Waals surface area contributed by atoms with Gasteiger partial charge in [0.05, 0.1) is 17.3 Å². The number of carbonyl (C=O) groups excluding carboxylic acids is 2. The van der Waals surface area contributed by atoms with Gasteiger partial charge in [0, 0.05) is 5.02 Å². The zero-order valence-electron chi connectivity index (χ0n) is 18.6. The topological polar surface area (TPSA) is 77.0 Å². The lowest BCUT2D eigenvalue weighted by Gasteiger charge is -2.10. The van der Waals surface area contributed by atoms with Crippen molar-refractivity contribution in [2.45, 2.75) is 6.61 Å². The van der Waals surface area contributed by atoms with Crippen LogP contribution in [0.4, 0.5) is 0 Å². The first kappa shape index (κ1) is 23.7. The van der Waals surface area contributed by atoms with Crippen molar-refractivity contribution in [3.05, 3.63) is 130 Å². The number of para-hydroxylation sites is 1. The molecule has 35 heavy (non-hydrogen) atoms. The van der Waals surface area contributed by atoms with Crippen LogP contribution in [0.15, 0.2) is 108 Å². The molecular weight excluding hydrogens is 464 g/mol. The SMILES string of the molecule is O=C(Oc1ccc(/C=N/NC(=O)c2ccccc2OCc2ccccc2)cc1)c1cccc(Cl)c1. The molecule has 0 aliphatic carbocycles. The highest BCUT2D eigenvalue weighted by Crippen LogP contribution is 2.20. The highest BCUT2D eigenvalue weighted by atomic mass is 35.5. The second-order valence-electron chi connectivity index (χ2n) is 7.44. The van der Waals surface area contributed by atoms with Crippen molar-refractivity contribution < 1.29 is 19.1 Å². The van der Waals surface area contributed by atoms with Gasteiger partial charge in [-0.15, -0.1) is 0 Å². The Morgan fingerprint density at radius 3 is 2.37 bits per heavy atom. The molecule has 174 valence electrons. The first-order valence-corrected chi connectivity index (χ1v) is 11.1. The molecule has 4 rings (SSSR count). The summed E-state index contributed by atoms with van der Waals surface area (Å²) < 4.78 is 11.2. The Morgan fingerprint density at radius 1 is 0.857 bits per heavy atom. The Hall–Kier alpha value is -4.42. The molecule has 1 N–H and O–H groups in total. The third-order valence-electron chi connectivity index (χ3n) is 4.90. The maximum absolute atomic E-state index is 12.6. The van der Waals surface area contributed by atoms with E-state index in [0.717, 1.165) is 5.56 Å². The van der Waals surface area contributed by atoms with Crippen molar-refractivity contribution in [3.63, 3.8) is 0 Å². The molecule has 0 aromatic heterocycles. The molecule has 0 radical (unpaired) electrons. The Kier molecular flexibility index (Phi) is 7.88. The van der Waals surface area contributed by atoms with Crippen LogP contribution in [0.2, 0.25) is 5.02 Å². The molecule has 1 amide bonds. The van der Waals surface area contributed by atoms with Gasteiger partial charge in [-0.3, -0.25) is 4.79 Å². The van der Waals surface area contributed by atoms with Gasteiger partial charge in [-0.05, 0) is 65.7 Å². The molecular formula is C28H21ClN2O4. The van der Waals surface area contributed by atoms with E-state index in [2.05, 4.69) is 10.5 Å². The molecule has 6 nitrogen and oxygen atoms in total. The van der Waals surface area contributed by atoms with Crippen LogP contribution in [0.1, 0.15) is 31.8 Å². The van der Waals surface area contributed by atoms with Crippen molar-refractivity contribution in [1.29, 1.82) is 0 Å². The Bertz CT molecular complexity index is 1340. The Labute approximate surface area is 207 Å². The van der Waals surface area contributed by atoms with Crippen LogP contribution in [0.3, 0.4) is 0 Å². The minimum atomic E-state index is -0.505. The van der Waals surface area contributed by atoms with E-state index in [4.69, 9.17) is 21.1 Å². The van der Waals surface area contributed by atoms with E-state index < -0.39 is 11.9 Å². The largest absolute Gasteiger partial charge is 0.488 e. The average Bonchev–Trinajstić information content (AvgIpc) is 2.89. The summed E-state index contributed by atoms with van der Waals surface area (Å²) in [6.45, 7) is 0.350. The van der Waals surface area contributed by atoms with E-state index in [0.29, 0.717) is 39.8 Å². The van der Waals surface area contributed by atoms with E-state index in [-0.39, 0.29) is 0 Å². The second-order valence-corrected chi connectivity index (χ2v) is 7.87. The second kappa shape index (κ2) is 11.6. The van der Waals surface area contributed by atoms with Crippen LogP contribution in [-0.2, 0) is 6.61 Å². The molecule has 0 heterocycles. The third kappa shape index (κ3) is 6.79. The number of ether oxygens (including phenoxy) is 2. The fourth-order valence-corrected chi connectivity index (χ4v) is 3.33. The number of benzene rings is 4. The van der Waals surface area contributed by atoms with Crippen LogP contribution in [0.25, 0.3) is 0 Å². The minimum absolute atomic E-state index is 0.350. The van der Waals surface area contributed by atoms with Gasteiger partial charge in [-0.25, -0.2) is 10.2 Å². The quantitative estimate of drug-likeness (QED) is 0.146. The summed E-state index contributed by atoms with van der Waals surface area (Å²) in [4.78, 5) is 24.9. The molecule has 0 fully saturated rings. The molecule has 0 unspecified atom stereocenters. The number of hydrogen-bond acceptors (Lipinski definition) is 5. The number of nitrogens with one attached hydrogen (secondary N) is 1. The van der Waals surface area contributed by atoms with Crippen molar-refractivity contribution in [2.24, 2.45) is 5.10 Å². The van der Waals surface area contributed by atoms with Gasteiger partial charge in [0.2, 0.25) is 0 Å². The summed E-state index contributed by atoms with van der Waals surface area (Å²) in [5.41, 5.74) is 4.96. The van der Waals surface area contributed by atoms with Crippen LogP contribution in [0.5, 0.6) is 11.5 Å². The van der Waals surface area contributed by atoms with E-state index in [1.807, 2.05) is 30.3 Å². The summed E-state index contributed by atoms with van der Waals surface area (Å²) in [5, 5.41) is 4.48.